The van der Waals surface area contributed by atoms with Crippen molar-refractivity contribution in [1.82, 2.24) is 29.2 Å². The van der Waals surface area contributed by atoms with Crippen LogP contribution in [0.5, 0.6) is 0 Å². The molecule has 2 N–H and O–H groups in total. The van der Waals surface area contributed by atoms with Gasteiger partial charge < -0.3 is 20.1 Å². The molecule has 0 saturated heterocycles. The Morgan fingerprint density at radius 3 is 2.58 bits per heavy atom. The molecule has 4 aromatic rings. The van der Waals surface area contributed by atoms with Crippen LogP contribution in [0.4, 0.5) is 16.4 Å². The van der Waals surface area contributed by atoms with Crippen molar-refractivity contribution >= 4 is 28.8 Å². The summed E-state index contributed by atoms with van der Waals surface area (Å²) in [5.74, 6) is 0.780. The fraction of sp³-hybridized carbons (Fsp3) is 0.414. The average Bonchev–Trinajstić information content (AvgIpc) is 3.17. The maximum Gasteiger partial charge on any atom is 0.410 e. The number of ether oxygens (including phenoxy) is 1. The lowest BCUT2D eigenvalue weighted by atomic mass is 9.99. The van der Waals surface area contributed by atoms with Gasteiger partial charge in [0.1, 0.15) is 16.6 Å². The van der Waals surface area contributed by atoms with Crippen molar-refractivity contribution in [1.29, 1.82) is 0 Å². The molecule has 5 rings (SSSR count). The number of rotatable bonds is 5. The first kappa shape index (κ1) is 27.3. The summed E-state index contributed by atoms with van der Waals surface area (Å²) in [5.41, 5.74) is 1.90. The monoisotopic (exact) mass is 545 g/mol. The van der Waals surface area contributed by atoms with E-state index in [-0.39, 0.29) is 11.7 Å². The minimum Gasteiger partial charge on any atom is -0.444 e. The Hall–Kier alpha value is -4.25. The fourth-order valence-electron chi connectivity index (χ4n) is 4.74. The van der Waals surface area contributed by atoms with Crippen LogP contribution in [0.1, 0.15) is 58.4 Å². The normalized spacial score (nSPS) is 13.8. The topological polar surface area (TPSA) is 127 Å². The number of amides is 1. The number of aromatic nitrogens is 5. The van der Waals surface area contributed by atoms with Gasteiger partial charge in [-0.25, -0.2) is 24.1 Å². The highest BCUT2D eigenvalue weighted by molar-refractivity contribution is 5.77. The van der Waals surface area contributed by atoms with E-state index in [9.17, 15) is 14.7 Å². The molecule has 11 nitrogen and oxygen atoms in total. The molecule has 210 valence electrons. The van der Waals surface area contributed by atoms with Crippen LogP contribution in [0.25, 0.3) is 16.9 Å². The zero-order valence-corrected chi connectivity index (χ0v) is 23.7. The van der Waals surface area contributed by atoms with Gasteiger partial charge in [0.25, 0.3) is 5.56 Å². The SMILES string of the molecule is CCn1c(=O)c2cnc(Nc3ccc4c(c3)CN(C(=O)OC(C)(C)C)CC4)nc2n1-c1cccc(C(C)(C)O)n1. The zero-order valence-electron chi connectivity index (χ0n) is 23.7. The molecule has 0 atom stereocenters. The van der Waals surface area contributed by atoms with Gasteiger partial charge in [0.05, 0.1) is 5.69 Å². The number of pyridine rings is 1. The number of hydrogen-bond acceptors (Lipinski definition) is 8. The summed E-state index contributed by atoms with van der Waals surface area (Å²) in [4.78, 5) is 41.2. The number of nitrogens with zero attached hydrogens (tertiary/aromatic N) is 6. The number of aliphatic hydroxyl groups is 1. The lowest BCUT2D eigenvalue weighted by Crippen LogP contribution is -2.39. The van der Waals surface area contributed by atoms with Crippen molar-refractivity contribution in [2.45, 2.75) is 72.3 Å². The summed E-state index contributed by atoms with van der Waals surface area (Å²) in [7, 11) is 0. The highest BCUT2D eigenvalue weighted by Gasteiger charge is 2.26. The van der Waals surface area contributed by atoms with Crippen molar-refractivity contribution in [3.63, 3.8) is 0 Å². The van der Waals surface area contributed by atoms with Crippen molar-refractivity contribution in [2.75, 3.05) is 11.9 Å². The smallest absolute Gasteiger partial charge is 0.410 e. The summed E-state index contributed by atoms with van der Waals surface area (Å²) in [6.45, 7) is 12.2. The van der Waals surface area contributed by atoms with E-state index in [0.29, 0.717) is 48.1 Å². The van der Waals surface area contributed by atoms with Crippen LogP contribution in [-0.2, 0) is 29.8 Å². The number of fused-ring (bicyclic) bond motifs is 2. The molecule has 1 amide bonds. The average molecular weight is 546 g/mol. The predicted molar refractivity (Wildman–Crippen MR) is 152 cm³/mol. The summed E-state index contributed by atoms with van der Waals surface area (Å²) < 4.78 is 8.76. The van der Waals surface area contributed by atoms with E-state index in [1.165, 1.54) is 11.8 Å². The summed E-state index contributed by atoms with van der Waals surface area (Å²) in [6, 6.07) is 11.3. The molecule has 0 bridgehead atoms. The molecule has 0 fully saturated rings. The van der Waals surface area contributed by atoms with Gasteiger partial charge in [-0.05, 0) is 83.4 Å². The molecule has 4 heterocycles. The maximum absolute atomic E-state index is 13.2. The van der Waals surface area contributed by atoms with Crippen LogP contribution in [-0.4, -0.2) is 52.6 Å². The second kappa shape index (κ2) is 10.1. The standard InChI is InChI=1S/C29H35N7O4/c1-7-35-25(37)21-16-30-26(33-24(21)36(35)23-10-8-9-22(32-23)29(5,6)39)31-20-12-11-18-13-14-34(17-19(18)15-20)27(38)40-28(2,3)4/h8-12,15-16,39H,7,13-14,17H2,1-6H3,(H,30,31,33). The Bertz CT molecular complexity index is 1640. The molecule has 0 unspecified atom stereocenters. The highest BCUT2D eigenvalue weighted by atomic mass is 16.6. The van der Waals surface area contributed by atoms with Crippen LogP contribution >= 0.6 is 0 Å². The van der Waals surface area contributed by atoms with Gasteiger partial charge in [0.2, 0.25) is 5.95 Å². The van der Waals surface area contributed by atoms with Crippen molar-refractivity contribution in [2.24, 2.45) is 0 Å². The minimum absolute atomic E-state index is 0.226. The minimum atomic E-state index is -1.15. The molecular formula is C29H35N7O4. The van der Waals surface area contributed by atoms with Gasteiger partial charge in [-0.1, -0.05) is 12.1 Å². The van der Waals surface area contributed by atoms with E-state index in [0.717, 1.165) is 17.7 Å². The lowest BCUT2D eigenvalue weighted by molar-refractivity contribution is 0.0224. The summed E-state index contributed by atoms with van der Waals surface area (Å²) >= 11 is 0. The van der Waals surface area contributed by atoms with Crippen LogP contribution in [0, 0.1) is 0 Å². The third-order valence-corrected chi connectivity index (χ3v) is 6.68. The first-order valence-electron chi connectivity index (χ1n) is 13.4. The van der Waals surface area contributed by atoms with Gasteiger partial charge in [-0.15, -0.1) is 0 Å². The predicted octanol–water partition coefficient (Wildman–Crippen LogP) is 4.26. The van der Waals surface area contributed by atoms with Crippen molar-refractivity contribution in [3.05, 3.63) is 69.8 Å². The molecule has 0 aliphatic carbocycles. The van der Waals surface area contributed by atoms with Gasteiger partial charge in [-0.2, -0.15) is 4.98 Å². The second-order valence-corrected chi connectivity index (χ2v) is 11.5. The molecule has 0 spiro atoms. The van der Waals surface area contributed by atoms with Crippen LogP contribution in [0.3, 0.4) is 0 Å². The number of carbonyl (C=O) groups excluding carboxylic acids is 1. The van der Waals surface area contributed by atoms with Gasteiger partial charge in [0, 0.05) is 31.5 Å². The lowest BCUT2D eigenvalue weighted by Gasteiger charge is -2.31. The van der Waals surface area contributed by atoms with Gasteiger partial charge in [0.15, 0.2) is 11.5 Å². The highest BCUT2D eigenvalue weighted by Crippen LogP contribution is 2.26. The fourth-order valence-corrected chi connectivity index (χ4v) is 4.74. The van der Waals surface area contributed by atoms with Crippen molar-refractivity contribution in [3.8, 4) is 5.82 Å². The van der Waals surface area contributed by atoms with Crippen LogP contribution in [0.15, 0.2) is 47.4 Å². The molecule has 1 aliphatic rings. The Morgan fingerprint density at radius 2 is 1.88 bits per heavy atom. The van der Waals surface area contributed by atoms with E-state index < -0.39 is 11.2 Å². The summed E-state index contributed by atoms with van der Waals surface area (Å²) in [6.07, 6.45) is 1.93. The van der Waals surface area contributed by atoms with E-state index in [1.807, 2.05) is 45.9 Å². The quantitative estimate of drug-likeness (QED) is 0.381. The van der Waals surface area contributed by atoms with Crippen LogP contribution in [0.2, 0.25) is 0 Å². The first-order valence-corrected chi connectivity index (χ1v) is 13.4. The van der Waals surface area contributed by atoms with E-state index in [4.69, 9.17) is 9.72 Å². The van der Waals surface area contributed by atoms with E-state index >= 15 is 0 Å². The molecule has 40 heavy (non-hydrogen) atoms. The number of hydrogen-bond donors (Lipinski definition) is 2. The maximum atomic E-state index is 13.2. The third-order valence-electron chi connectivity index (χ3n) is 6.68. The zero-order chi connectivity index (χ0) is 28.8. The van der Waals surface area contributed by atoms with E-state index in [1.54, 1.807) is 46.3 Å². The Morgan fingerprint density at radius 1 is 1.10 bits per heavy atom. The van der Waals surface area contributed by atoms with Crippen LogP contribution < -0.4 is 10.9 Å². The van der Waals surface area contributed by atoms with Gasteiger partial charge in [-0.3, -0.25) is 4.79 Å². The number of benzene rings is 1. The molecule has 1 aromatic carbocycles. The molecule has 0 saturated carbocycles. The van der Waals surface area contributed by atoms with E-state index in [2.05, 4.69) is 15.3 Å². The molecule has 0 radical (unpaired) electrons. The summed E-state index contributed by atoms with van der Waals surface area (Å²) in [5, 5.41) is 14.1. The molecule has 11 heteroatoms. The Labute approximate surface area is 232 Å². The Kier molecular flexibility index (Phi) is 6.87. The van der Waals surface area contributed by atoms with Gasteiger partial charge >= 0.3 is 6.09 Å². The Balaban J connectivity index is 1.48. The number of anilines is 2. The third kappa shape index (κ3) is 5.42. The molecular weight excluding hydrogens is 510 g/mol. The molecule has 3 aromatic heterocycles. The largest absolute Gasteiger partial charge is 0.444 e. The first-order chi connectivity index (χ1) is 18.8. The van der Waals surface area contributed by atoms with Crippen molar-refractivity contribution < 1.29 is 14.6 Å². The molecule has 1 aliphatic heterocycles. The number of nitrogens with one attached hydrogen (secondary N) is 1. The number of carbonyl (C=O) groups is 1. The second-order valence-electron chi connectivity index (χ2n) is 11.5.